The summed E-state index contributed by atoms with van der Waals surface area (Å²) in [6.07, 6.45) is 13.1. The van der Waals surface area contributed by atoms with Gasteiger partial charge in [0.15, 0.2) is 5.75 Å². The minimum atomic E-state index is 0.703. The zero-order valence-electron chi connectivity index (χ0n) is 12.1. The van der Waals surface area contributed by atoms with Gasteiger partial charge in [-0.3, -0.25) is 4.68 Å². The van der Waals surface area contributed by atoms with Crippen molar-refractivity contribution >= 4 is 0 Å². The van der Waals surface area contributed by atoms with E-state index in [2.05, 4.69) is 17.3 Å². The van der Waals surface area contributed by atoms with Crippen molar-refractivity contribution in [1.82, 2.24) is 15.1 Å². The van der Waals surface area contributed by atoms with Crippen LogP contribution in [-0.4, -0.2) is 29.0 Å². The maximum atomic E-state index is 5.71. The van der Waals surface area contributed by atoms with Crippen LogP contribution < -0.4 is 10.1 Å². The van der Waals surface area contributed by atoms with Crippen LogP contribution in [0.4, 0.5) is 0 Å². The molecule has 4 heteroatoms. The Kier molecular flexibility index (Phi) is 6.21. The molecule has 0 aromatic carbocycles. The Morgan fingerprint density at radius 2 is 2.11 bits per heavy atom. The van der Waals surface area contributed by atoms with Gasteiger partial charge in [0.2, 0.25) is 0 Å². The first kappa shape index (κ1) is 14.4. The second kappa shape index (κ2) is 8.20. The fourth-order valence-corrected chi connectivity index (χ4v) is 2.69. The summed E-state index contributed by atoms with van der Waals surface area (Å²) in [7, 11) is 0. The molecule has 1 heterocycles. The van der Waals surface area contributed by atoms with Crippen LogP contribution in [0.15, 0.2) is 12.4 Å². The van der Waals surface area contributed by atoms with Crippen LogP contribution in [0, 0.1) is 0 Å². The Bertz CT molecular complexity index is 343. The van der Waals surface area contributed by atoms with Crippen molar-refractivity contribution in [3.63, 3.8) is 0 Å². The molecule has 19 heavy (non-hydrogen) atoms. The molecule has 1 N–H and O–H groups in total. The molecular weight excluding hydrogens is 238 g/mol. The van der Waals surface area contributed by atoms with Crippen LogP contribution in [-0.2, 0) is 6.54 Å². The van der Waals surface area contributed by atoms with E-state index in [9.17, 15) is 0 Å². The molecule has 0 unspecified atom stereocenters. The van der Waals surface area contributed by atoms with Crippen molar-refractivity contribution in [3.8, 4) is 5.75 Å². The third-order valence-corrected chi connectivity index (χ3v) is 3.72. The van der Waals surface area contributed by atoms with Gasteiger partial charge in [-0.15, -0.1) is 0 Å². The molecule has 1 aromatic rings. The smallest absolute Gasteiger partial charge is 0.157 e. The monoisotopic (exact) mass is 265 g/mol. The number of hydrogen-bond donors (Lipinski definition) is 1. The maximum absolute atomic E-state index is 5.71. The number of ether oxygens (including phenoxy) is 1. The predicted molar refractivity (Wildman–Crippen MR) is 77.5 cm³/mol. The molecule has 0 saturated heterocycles. The van der Waals surface area contributed by atoms with Gasteiger partial charge in [-0.1, -0.05) is 32.6 Å². The topological polar surface area (TPSA) is 39.1 Å². The minimum absolute atomic E-state index is 0.703. The van der Waals surface area contributed by atoms with Crippen molar-refractivity contribution in [2.24, 2.45) is 0 Å². The van der Waals surface area contributed by atoms with E-state index in [1.165, 1.54) is 38.5 Å². The van der Waals surface area contributed by atoms with Gasteiger partial charge in [0.05, 0.1) is 12.4 Å². The SMILES string of the molecule is CCCn1cc(OCCNC2CCCCCC2)cn1. The molecular formula is C15H27N3O. The summed E-state index contributed by atoms with van der Waals surface area (Å²) < 4.78 is 7.65. The average molecular weight is 265 g/mol. The first-order valence-corrected chi connectivity index (χ1v) is 7.77. The molecule has 0 radical (unpaired) electrons. The van der Waals surface area contributed by atoms with Gasteiger partial charge >= 0.3 is 0 Å². The molecule has 0 bridgehead atoms. The van der Waals surface area contributed by atoms with Gasteiger partial charge in [-0.2, -0.15) is 5.10 Å². The van der Waals surface area contributed by atoms with Crippen molar-refractivity contribution in [2.45, 2.75) is 64.5 Å². The van der Waals surface area contributed by atoms with Gasteiger partial charge in [-0.05, 0) is 19.3 Å². The molecule has 1 fully saturated rings. The lowest BCUT2D eigenvalue weighted by Crippen LogP contribution is -2.32. The Balaban J connectivity index is 1.60. The zero-order chi connectivity index (χ0) is 13.3. The van der Waals surface area contributed by atoms with Gasteiger partial charge < -0.3 is 10.1 Å². The highest BCUT2D eigenvalue weighted by atomic mass is 16.5. The summed E-state index contributed by atoms with van der Waals surface area (Å²) >= 11 is 0. The predicted octanol–water partition coefficient (Wildman–Crippen LogP) is 2.98. The Morgan fingerprint density at radius 3 is 2.84 bits per heavy atom. The first-order chi connectivity index (χ1) is 9.38. The normalized spacial score (nSPS) is 17.3. The van der Waals surface area contributed by atoms with E-state index >= 15 is 0 Å². The lowest BCUT2D eigenvalue weighted by Gasteiger charge is -2.15. The summed E-state index contributed by atoms with van der Waals surface area (Å²) in [5.74, 6) is 0.885. The van der Waals surface area contributed by atoms with E-state index in [0.29, 0.717) is 6.04 Å². The van der Waals surface area contributed by atoms with Gasteiger partial charge in [0.25, 0.3) is 0 Å². The highest BCUT2D eigenvalue weighted by molar-refractivity contribution is 5.11. The number of hydrogen-bond acceptors (Lipinski definition) is 3. The first-order valence-electron chi connectivity index (χ1n) is 7.77. The van der Waals surface area contributed by atoms with E-state index in [1.54, 1.807) is 6.20 Å². The fourth-order valence-electron chi connectivity index (χ4n) is 2.69. The van der Waals surface area contributed by atoms with Crippen molar-refractivity contribution < 1.29 is 4.74 Å². The molecule has 0 amide bonds. The minimum Gasteiger partial charge on any atom is -0.489 e. The van der Waals surface area contributed by atoms with Crippen LogP contribution in [0.3, 0.4) is 0 Å². The number of rotatable bonds is 7. The molecule has 1 aliphatic rings. The van der Waals surface area contributed by atoms with Crippen molar-refractivity contribution in [3.05, 3.63) is 12.4 Å². The third kappa shape index (κ3) is 5.23. The highest BCUT2D eigenvalue weighted by Gasteiger charge is 2.10. The van der Waals surface area contributed by atoms with Crippen LogP contribution in [0.1, 0.15) is 51.9 Å². The second-order valence-corrected chi connectivity index (χ2v) is 5.43. The molecule has 2 rings (SSSR count). The van der Waals surface area contributed by atoms with Crippen LogP contribution in [0.2, 0.25) is 0 Å². The van der Waals surface area contributed by atoms with E-state index < -0.39 is 0 Å². The van der Waals surface area contributed by atoms with Crippen molar-refractivity contribution in [1.29, 1.82) is 0 Å². The number of aromatic nitrogens is 2. The number of nitrogens with zero attached hydrogens (tertiary/aromatic N) is 2. The van der Waals surface area contributed by atoms with Crippen molar-refractivity contribution in [2.75, 3.05) is 13.2 Å². The Labute approximate surface area is 116 Å². The van der Waals surface area contributed by atoms with Crippen LogP contribution in [0.25, 0.3) is 0 Å². The summed E-state index contributed by atoms with van der Waals surface area (Å²) in [5, 5.41) is 7.87. The molecule has 1 aromatic heterocycles. The van der Waals surface area contributed by atoms with E-state index in [4.69, 9.17) is 4.74 Å². The molecule has 4 nitrogen and oxygen atoms in total. The number of nitrogens with one attached hydrogen (secondary N) is 1. The van der Waals surface area contributed by atoms with Crippen LogP contribution in [0.5, 0.6) is 5.75 Å². The Hall–Kier alpha value is -1.03. The zero-order valence-corrected chi connectivity index (χ0v) is 12.1. The largest absolute Gasteiger partial charge is 0.489 e. The van der Waals surface area contributed by atoms with E-state index in [-0.39, 0.29) is 0 Å². The molecule has 108 valence electrons. The Morgan fingerprint density at radius 1 is 1.32 bits per heavy atom. The molecule has 1 saturated carbocycles. The summed E-state index contributed by atoms with van der Waals surface area (Å²) in [4.78, 5) is 0. The second-order valence-electron chi connectivity index (χ2n) is 5.43. The number of aryl methyl sites for hydroxylation is 1. The lowest BCUT2D eigenvalue weighted by molar-refractivity contribution is 0.300. The third-order valence-electron chi connectivity index (χ3n) is 3.72. The van der Waals surface area contributed by atoms with Gasteiger partial charge in [-0.25, -0.2) is 0 Å². The molecule has 1 aliphatic carbocycles. The molecule has 0 spiro atoms. The van der Waals surface area contributed by atoms with Gasteiger partial charge in [0, 0.05) is 19.1 Å². The molecule has 0 atom stereocenters. The van der Waals surface area contributed by atoms with E-state index in [0.717, 1.165) is 31.9 Å². The standard InChI is InChI=1S/C15H27N3O/c1-2-10-18-13-15(12-17-18)19-11-9-16-14-7-5-3-4-6-8-14/h12-14,16H,2-11H2,1H3. The molecule has 0 aliphatic heterocycles. The fraction of sp³-hybridized carbons (Fsp3) is 0.800. The average Bonchev–Trinajstić information content (AvgIpc) is 2.70. The summed E-state index contributed by atoms with van der Waals surface area (Å²) in [6.45, 7) is 4.78. The quantitative estimate of drug-likeness (QED) is 0.608. The van der Waals surface area contributed by atoms with Gasteiger partial charge in [0.1, 0.15) is 6.61 Å². The maximum Gasteiger partial charge on any atom is 0.157 e. The lowest BCUT2D eigenvalue weighted by atomic mass is 10.1. The summed E-state index contributed by atoms with van der Waals surface area (Å²) in [5.41, 5.74) is 0. The van der Waals surface area contributed by atoms with Crippen LogP contribution >= 0.6 is 0 Å². The van der Waals surface area contributed by atoms with E-state index in [1.807, 2.05) is 10.9 Å². The summed E-state index contributed by atoms with van der Waals surface area (Å²) in [6, 6.07) is 0.703. The highest BCUT2D eigenvalue weighted by Crippen LogP contribution is 2.17.